The Morgan fingerprint density at radius 1 is 1.38 bits per heavy atom. The predicted molar refractivity (Wildman–Crippen MR) is 54.2 cm³/mol. The molecule has 1 rings (SSSR count). The highest BCUT2D eigenvalue weighted by atomic mass is 19.4. The van der Waals surface area contributed by atoms with E-state index < -0.39 is 11.7 Å². The summed E-state index contributed by atoms with van der Waals surface area (Å²) >= 11 is 0. The smallest absolute Gasteiger partial charge is 0.327 e. The van der Waals surface area contributed by atoms with Gasteiger partial charge in [-0.05, 0) is 23.8 Å². The molecule has 2 N–H and O–H groups in total. The summed E-state index contributed by atoms with van der Waals surface area (Å²) in [5, 5.41) is 8.72. The number of benzene rings is 1. The molecule has 0 amide bonds. The summed E-state index contributed by atoms with van der Waals surface area (Å²) in [6, 6.07) is 4.80. The summed E-state index contributed by atoms with van der Waals surface area (Å²) < 4.78 is 37.2. The molecule has 0 aliphatic carbocycles. The number of halogens is 3. The van der Waals surface area contributed by atoms with Gasteiger partial charge in [-0.2, -0.15) is 18.4 Å². The fourth-order valence-electron chi connectivity index (χ4n) is 1.17. The molecule has 0 radical (unpaired) electrons. The van der Waals surface area contributed by atoms with Crippen LogP contribution in [0.4, 0.5) is 13.2 Å². The first-order chi connectivity index (χ1) is 7.49. The molecule has 0 aliphatic rings. The van der Waals surface area contributed by atoms with E-state index in [0.717, 1.165) is 18.2 Å². The predicted octanol–water partition coefficient (Wildman–Crippen LogP) is 2.55. The summed E-state index contributed by atoms with van der Waals surface area (Å²) in [5.41, 5.74) is 4.84. The number of hydrogen-bond acceptors (Lipinski definition) is 2. The standard InChI is InChI=1S/C11H9F3N2/c12-11(13,14)10-4-3-9(7-16)8(6-10)2-1-5-15/h1-4,6H,5,15H2. The van der Waals surface area contributed by atoms with Crippen molar-refractivity contribution in [2.45, 2.75) is 6.18 Å². The van der Waals surface area contributed by atoms with Crippen LogP contribution in [-0.2, 0) is 6.18 Å². The Morgan fingerprint density at radius 3 is 2.56 bits per heavy atom. The Bertz CT molecular complexity index is 442. The third-order valence-corrected chi connectivity index (χ3v) is 1.93. The van der Waals surface area contributed by atoms with E-state index in [4.69, 9.17) is 11.0 Å². The lowest BCUT2D eigenvalue weighted by molar-refractivity contribution is -0.137. The number of nitriles is 1. The van der Waals surface area contributed by atoms with Crippen molar-refractivity contribution in [2.24, 2.45) is 5.73 Å². The van der Waals surface area contributed by atoms with E-state index in [0.29, 0.717) is 0 Å². The summed E-state index contributed by atoms with van der Waals surface area (Å²) in [4.78, 5) is 0. The third-order valence-electron chi connectivity index (χ3n) is 1.93. The highest BCUT2D eigenvalue weighted by Gasteiger charge is 2.30. The van der Waals surface area contributed by atoms with Gasteiger partial charge in [-0.15, -0.1) is 0 Å². The van der Waals surface area contributed by atoms with Gasteiger partial charge in [0.2, 0.25) is 0 Å². The molecule has 16 heavy (non-hydrogen) atoms. The first-order valence-corrected chi connectivity index (χ1v) is 4.47. The zero-order chi connectivity index (χ0) is 12.2. The SMILES string of the molecule is N#Cc1ccc(C(F)(F)F)cc1C=CCN. The number of alkyl halides is 3. The van der Waals surface area contributed by atoms with Crippen LogP contribution in [0.1, 0.15) is 16.7 Å². The highest BCUT2D eigenvalue weighted by molar-refractivity contribution is 5.59. The van der Waals surface area contributed by atoms with Gasteiger partial charge in [-0.1, -0.05) is 12.2 Å². The number of nitrogens with zero attached hydrogens (tertiary/aromatic N) is 1. The zero-order valence-corrected chi connectivity index (χ0v) is 8.25. The van der Waals surface area contributed by atoms with E-state index in [1.807, 2.05) is 6.07 Å². The molecule has 0 atom stereocenters. The molecule has 0 spiro atoms. The van der Waals surface area contributed by atoms with Crippen LogP contribution < -0.4 is 5.73 Å². The average molecular weight is 226 g/mol. The molecule has 2 nitrogen and oxygen atoms in total. The van der Waals surface area contributed by atoms with Gasteiger partial charge in [0.05, 0.1) is 17.2 Å². The van der Waals surface area contributed by atoms with Gasteiger partial charge in [-0.25, -0.2) is 0 Å². The Kier molecular flexibility index (Phi) is 3.69. The lowest BCUT2D eigenvalue weighted by atomic mass is 10.0. The normalized spacial score (nSPS) is 11.7. The molecule has 0 bridgehead atoms. The Hall–Kier alpha value is -1.80. The lowest BCUT2D eigenvalue weighted by Gasteiger charge is -2.08. The molecule has 0 aliphatic heterocycles. The summed E-state index contributed by atoms with van der Waals surface area (Å²) in [7, 11) is 0. The minimum Gasteiger partial charge on any atom is -0.327 e. The van der Waals surface area contributed by atoms with Crippen LogP contribution >= 0.6 is 0 Å². The summed E-state index contributed by atoms with van der Waals surface area (Å²) in [5.74, 6) is 0. The van der Waals surface area contributed by atoms with Gasteiger partial charge in [0.15, 0.2) is 0 Å². The van der Waals surface area contributed by atoms with Crippen molar-refractivity contribution in [3.05, 3.63) is 41.0 Å². The number of hydrogen-bond donors (Lipinski definition) is 1. The van der Waals surface area contributed by atoms with Gasteiger partial charge >= 0.3 is 6.18 Å². The van der Waals surface area contributed by atoms with Gasteiger partial charge in [0, 0.05) is 6.54 Å². The number of nitrogens with two attached hydrogens (primary N) is 1. The molecule has 0 heterocycles. The first-order valence-electron chi connectivity index (χ1n) is 4.47. The van der Waals surface area contributed by atoms with Crippen molar-refractivity contribution in [1.82, 2.24) is 0 Å². The fraction of sp³-hybridized carbons (Fsp3) is 0.182. The molecular formula is C11H9F3N2. The van der Waals surface area contributed by atoms with Crippen LogP contribution in [0.3, 0.4) is 0 Å². The van der Waals surface area contributed by atoms with Gasteiger partial charge in [-0.3, -0.25) is 0 Å². The Labute approximate surface area is 90.8 Å². The van der Waals surface area contributed by atoms with Crippen molar-refractivity contribution in [3.8, 4) is 6.07 Å². The third kappa shape index (κ3) is 2.84. The molecule has 0 aromatic heterocycles. The van der Waals surface area contributed by atoms with Crippen LogP contribution in [-0.4, -0.2) is 6.54 Å². The molecule has 0 fully saturated rings. The zero-order valence-electron chi connectivity index (χ0n) is 8.25. The maximum absolute atomic E-state index is 12.4. The molecule has 0 saturated carbocycles. The van der Waals surface area contributed by atoms with Crippen molar-refractivity contribution < 1.29 is 13.2 Å². The minimum absolute atomic E-state index is 0.192. The van der Waals surface area contributed by atoms with Crippen molar-refractivity contribution in [3.63, 3.8) is 0 Å². The van der Waals surface area contributed by atoms with Crippen LogP contribution in [0, 0.1) is 11.3 Å². The molecule has 1 aromatic carbocycles. The summed E-state index contributed by atoms with van der Waals surface area (Å²) in [6.45, 7) is 0.209. The molecule has 5 heteroatoms. The number of rotatable bonds is 2. The highest BCUT2D eigenvalue weighted by Crippen LogP contribution is 2.30. The Balaban J connectivity index is 3.23. The van der Waals surface area contributed by atoms with E-state index in [2.05, 4.69) is 0 Å². The van der Waals surface area contributed by atoms with Gasteiger partial charge in [0.25, 0.3) is 0 Å². The summed E-state index contributed by atoms with van der Waals surface area (Å²) in [6.07, 6.45) is -1.50. The quantitative estimate of drug-likeness (QED) is 0.842. The van der Waals surface area contributed by atoms with Crippen LogP contribution in [0.2, 0.25) is 0 Å². The van der Waals surface area contributed by atoms with E-state index in [1.165, 1.54) is 12.2 Å². The maximum atomic E-state index is 12.4. The maximum Gasteiger partial charge on any atom is 0.416 e. The van der Waals surface area contributed by atoms with Gasteiger partial charge in [0.1, 0.15) is 0 Å². The molecular weight excluding hydrogens is 217 g/mol. The van der Waals surface area contributed by atoms with E-state index >= 15 is 0 Å². The second-order valence-electron chi connectivity index (χ2n) is 3.05. The fourth-order valence-corrected chi connectivity index (χ4v) is 1.17. The monoisotopic (exact) mass is 226 g/mol. The average Bonchev–Trinajstić information content (AvgIpc) is 2.24. The van der Waals surface area contributed by atoms with E-state index in [9.17, 15) is 13.2 Å². The van der Waals surface area contributed by atoms with Crippen LogP contribution in [0.15, 0.2) is 24.3 Å². The largest absolute Gasteiger partial charge is 0.416 e. The molecule has 0 unspecified atom stereocenters. The first kappa shape index (κ1) is 12.3. The van der Waals surface area contributed by atoms with Crippen LogP contribution in [0.5, 0.6) is 0 Å². The van der Waals surface area contributed by atoms with E-state index in [1.54, 1.807) is 0 Å². The second kappa shape index (κ2) is 4.81. The van der Waals surface area contributed by atoms with Crippen molar-refractivity contribution in [1.29, 1.82) is 5.26 Å². The molecule has 0 saturated heterocycles. The van der Waals surface area contributed by atoms with Crippen molar-refractivity contribution in [2.75, 3.05) is 6.54 Å². The minimum atomic E-state index is -4.40. The van der Waals surface area contributed by atoms with Crippen molar-refractivity contribution >= 4 is 6.08 Å². The van der Waals surface area contributed by atoms with E-state index in [-0.39, 0.29) is 17.7 Å². The Morgan fingerprint density at radius 2 is 2.06 bits per heavy atom. The van der Waals surface area contributed by atoms with Crippen LogP contribution in [0.25, 0.3) is 6.08 Å². The topological polar surface area (TPSA) is 49.8 Å². The molecule has 1 aromatic rings. The second-order valence-corrected chi connectivity index (χ2v) is 3.05. The molecule has 84 valence electrons. The lowest BCUT2D eigenvalue weighted by Crippen LogP contribution is -2.05. The van der Waals surface area contributed by atoms with Gasteiger partial charge < -0.3 is 5.73 Å².